The zero-order valence-electron chi connectivity index (χ0n) is 28.0. The van der Waals surface area contributed by atoms with Gasteiger partial charge in [0.1, 0.15) is 0 Å². The number of rotatable bonds is 4. The van der Waals surface area contributed by atoms with E-state index >= 15 is 0 Å². The smallest absolute Gasteiger partial charge is 0.475 e. The summed E-state index contributed by atoms with van der Waals surface area (Å²) in [7, 11) is 0. The molecular weight excluding hydrogens is 740 g/mol. The van der Waals surface area contributed by atoms with Gasteiger partial charge in [0.05, 0.1) is 27.8 Å². The van der Waals surface area contributed by atoms with Crippen molar-refractivity contribution in [2.45, 2.75) is 30.6 Å². The number of carboxylic acid groups (broad SMARTS) is 2. The number of nitrogens with one attached hydrogen (secondary N) is 6. The Kier molecular flexibility index (Phi) is 9.78. The number of aliphatic imine (C=N–C) groups is 2. The molecule has 2 aliphatic heterocycles. The van der Waals surface area contributed by atoms with Crippen molar-refractivity contribution < 1.29 is 46.1 Å². The minimum absolute atomic E-state index is 0.494. The molecule has 0 radical (unpaired) electrons. The third-order valence-electron chi connectivity index (χ3n) is 7.89. The van der Waals surface area contributed by atoms with Crippen LogP contribution in [-0.2, 0) is 20.9 Å². The molecule has 0 saturated carbocycles. The molecule has 0 fully saturated rings. The molecule has 0 saturated heterocycles. The van der Waals surface area contributed by atoms with Gasteiger partial charge in [0.25, 0.3) is 0 Å². The lowest BCUT2D eigenvalue weighted by atomic mass is 9.85. The number of para-hydroxylation sites is 2. The van der Waals surface area contributed by atoms with Crippen LogP contribution in [0.1, 0.15) is 16.8 Å². The Morgan fingerprint density at radius 2 is 1.18 bits per heavy atom. The summed E-state index contributed by atoms with van der Waals surface area (Å²) in [6.07, 6.45) is -8.40. The summed E-state index contributed by atoms with van der Waals surface area (Å²) in [6, 6.07) is 29.7. The van der Waals surface area contributed by atoms with Gasteiger partial charge in [-0.3, -0.25) is 15.6 Å². The molecule has 55 heavy (non-hydrogen) atoms. The number of anilines is 2. The van der Waals surface area contributed by atoms with E-state index < -0.39 is 35.6 Å². The zero-order chi connectivity index (χ0) is 39.6. The Morgan fingerprint density at radius 1 is 0.673 bits per heavy atom. The number of aromatic amines is 2. The number of aromatic nitrogens is 5. The fourth-order valence-corrected chi connectivity index (χ4v) is 5.58. The van der Waals surface area contributed by atoms with E-state index in [9.17, 15) is 26.3 Å². The summed E-state index contributed by atoms with van der Waals surface area (Å²) in [5, 5.41) is 28.1. The number of aryl methyl sites for hydroxylation is 1. The number of hydrogen-bond donors (Lipinski definition) is 8. The second-order valence-electron chi connectivity index (χ2n) is 11.7. The minimum atomic E-state index is -5.08. The first-order valence-corrected chi connectivity index (χ1v) is 15.8. The molecule has 0 aliphatic carbocycles. The van der Waals surface area contributed by atoms with Gasteiger partial charge >= 0.3 is 24.3 Å². The van der Waals surface area contributed by atoms with Crippen molar-refractivity contribution >= 4 is 57.8 Å². The molecule has 2 aliphatic rings. The number of aliphatic carboxylic acids is 2. The first-order valence-electron chi connectivity index (χ1n) is 15.8. The normalized spacial score (nSPS) is 18.7. The first kappa shape index (κ1) is 37.6. The van der Waals surface area contributed by atoms with Gasteiger partial charge in [-0.25, -0.2) is 29.5 Å². The van der Waals surface area contributed by atoms with Crippen LogP contribution >= 0.6 is 0 Å². The van der Waals surface area contributed by atoms with Crippen molar-refractivity contribution in [2.24, 2.45) is 9.98 Å². The summed E-state index contributed by atoms with van der Waals surface area (Å²) < 4.78 is 63.5. The Hall–Kier alpha value is -7.19. The number of pyridine rings is 1. The molecule has 0 amide bonds. The number of carboxylic acids is 2. The molecule has 2 atom stereocenters. The van der Waals surface area contributed by atoms with Crippen LogP contribution in [0.5, 0.6) is 0 Å². The molecule has 6 aromatic rings. The average molecular weight is 768 g/mol. The molecule has 8 rings (SSSR count). The van der Waals surface area contributed by atoms with Crippen molar-refractivity contribution in [3.63, 3.8) is 0 Å². The van der Waals surface area contributed by atoms with E-state index in [4.69, 9.17) is 39.8 Å². The van der Waals surface area contributed by atoms with Crippen molar-refractivity contribution in [3.8, 4) is 0 Å². The maximum absolute atomic E-state index is 10.6. The Morgan fingerprint density at radius 3 is 1.71 bits per heavy atom. The Bertz CT molecular complexity index is 2360. The monoisotopic (exact) mass is 767 g/mol. The molecule has 15 nitrogen and oxygen atoms in total. The Balaban J connectivity index is 0.000000315. The number of nitrogens with zero attached hydrogens (tertiary/aromatic N) is 5. The number of halogens is 6. The van der Waals surface area contributed by atoms with Crippen LogP contribution in [0, 0.1) is 6.92 Å². The Labute approximate surface area is 304 Å². The third-order valence-corrected chi connectivity index (χ3v) is 7.89. The van der Waals surface area contributed by atoms with Crippen LogP contribution in [0.3, 0.4) is 0 Å². The highest BCUT2D eigenvalue weighted by Gasteiger charge is 2.64. The van der Waals surface area contributed by atoms with E-state index in [2.05, 4.69) is 49.2 Å². The number of H-pyrrole nitrogens is 2. The van der Waals surface area contributed by atoms with Gasteiger partial charge in [-0.2, -0.15) is 26.3 Å². The van der Waals surface area contributed by atoms with E-state index in [0.29, 0.717) is 23.8 Å². The molecule has 5 heterocycles. The van der Waals surface area contributed by atoms with Gasteiger partial charge in [0, 0.05) is 11.8 Å². The number of imidazole rings is 2. The molecular formula is C34H27F6N11O4. The van der Waals surface area contributed by atoms with Gasteiger partial charge in [-0.15, -0.1) is 0 Å². The number of guanidine groups is 2. The number of alkyl halides is 6. The highest BCUT2D eigenvalue weighted by atomic mass is 19.4. The highest BCUT2D eigenvalue weighted by molar-refractivity contribution is 6.01. The predicted octanol–water partition coefficient (Wildman–Crippen LogP) is 5.56. The minimum Gasteiger partial charge on any atom is -0.475 e. The largest absolute Gasteiger partial charge is 0.490 e. The number of benzene rings is 3. The first-order chi connectivity index (χ1) is 26.0. The van der Waals surface area contributed by atoms with E-state index in [1.807, 2.05) is 84.9 Å². The van der Waals surface area contributed by atoms with Gasteiger partial charge in [-0.1, -0.05) is 54.6 Å². The van der Waals surface area contributed by atoms with Crippen molar-refractivity contribution in [1.82, 2.24) is 35.6 Å². The van der Waals surface area contributed by atoms with Crippen LogP contribution in [0.15, 0.2) is 107 Å². The van der Waals surface area contributed by atoms with Crippen LogP contribution in [0.2, 0.25) is 0 Å². The van der Waals surface area contributed by atoms with Gasteiger partial charge in [0.15, 0.2) is 0 Å². The maximum Gasteiger partial charge on any atom is 0.490 e. The summed E-state index contributed by atoms with van der Waals surface area (Å²) >= 11 is 0. The molecule has 21 heteroatoms. The average Bonchev–Trinajstić information content (AvgIpc) is 3.88. The lowest BCUT2D eigenvalue weighted by Gasteiger charge is -2.36. The second kappa shape index (κ2) is 14.3. The molecule has 0 spiro atoms. The van der Waals surface area contributed by atoms with Gasteiger partial charge in [-0.05, 0) is 48.9 Å². The van der Waals surface area contributed by atoms with Crippen LogP contribution < -0.4 is 21.3 Å². The molecule has 284 valence electrons. The lowest BCUT2D eigenvalue weighted by molar-refractivity contribution is -0.193. The van der Waals surface area contributed by atoms with Gasteiger partial charge < -0.3 is 30.8 Å². The fourth-order valence-electron chi connectivity index (χ4n) is 5.58. The van der Waals surface area contributed by atoms with Crippen molar-refractivity contribution in [1.29, 1.82) is 0 Å². The van der Waals surface area contributed by atoms with Crippen LogP contribution in [0.25, 0.3) is 22.1 Å². The maximum atomic E-state index is 10.6. The van der Waals surface area contributed by atoms with Crippen LogP contribution in [0.4, 0.5) is 38.2 Å². The molecule has 3 aromatic carbocycles. The number of fused-ring (bicyclic) bond motifs is 3. The standard InChI is InChI=1S/C30H25N11.2C2HF3O2/c1-18-14-15-22-23(17-18)35-26(34-22)37-28-39-29(19-9-3-2-4-10-19)30(41-28,24-13-7-8-16-31-24)40-27(38-29)36-25-32-20-11-5-6-12-21(20)33-25;2*3-2(4,5)1(6)7/h2-17H,1H3,(H3,32,33,36,38,40)(H3,34,35,37,39,41);2*(H,6,7). The fraction of sp³-hybridized carbons (Fsp3) is 0.147. The number of carbonyl (C=O) groups is 2. The molecule has 0 bridgehead atoms. The predicted molar refractivity (Wildman–Crippen MR) is 187 cm³/mol. The molecule has 8 N–H and O–H groups in total. The topological polar surface area (TPSA) is 218 Å². The molecule has 3 aromatic heterocycles. The molecule has 2 unspecified atom stereocenters. The summed E-state index contributed by atoms with van der Waals surface area (Å²) in [6.45, 7) is 2.05. The zero-order valence-corrected chi connectivity index (χ0v) is 28.0. The van der Waals surface area contributed by atoms with E-state index in [1.54, 1.807) is 6.20 Å². The number of hydrogen-bond acceptors (Lipinski definition) is 11. The van der Waals surface area contributed by atoms with E-state index in [-0.39, 0.29) is 0 Å². The second-order valence-corrected chi connectivity index (χ2v) is 11.7. The summed E-state index contributed by atoms with van der Waals surface area (Å²) in [5.41, 5.74) is 4.12. The quantitative estimate of drug-likeness (QED) is 0.104. The third kappa shape index (κ3) is 7.79. The summed E-state index contributed by atoms with van der Waals surface area (Å²) in [4.78, 5) is 49.0. The van der Waals surface area contributed by atoms with Crippen molar-refractivity contribution in [2.75, 3.05) is 10.6 Å². The summed E-state index contributed by atoms with van der Waals surface area (Å²) in [5.74, 6) is -3.39. The SMILES string of the molecule is Cc1ccc2nc(NC3=NC4(c5ccccc5)N=C(Nc5nc6ccccc6[nH]5)NC4(c4ccccn4)N3)[nH]c2c1.O=C(O)C(F)(F)F.O=C(O)C(F)(F)F. The highest BCUT2D eigenvalue weighted by Crippen LogP contribution is 2.49. The van der Waals surface area contributed by atoms with Crippen molar-refractivity contribution in [3.05, 3.63) is 114 Å². The van der Waals surface area contributed by atoms with E-state index in [0.717, 1.165) is 38.9 Å². The van der Waals surface area contributed by atoms with Gasteiger partial charge in [0.2, 0.25) is 35.1 Å². The lowest BCUT2D eigenvalue weighted by Crippen LogP contribution is -2.61. The van der Waals surface area contributed by atoms with Crippen LogP contribution in [-0.4, -0.2) is 71.3 Å². The van der Waals surface area contributed by atoms with E-state index in [1.165, 1.54) is 0 Å².